The van der Waals surface area contributed by atoms with E-state index in [2.05, 4.69) is 25.7 Å². The predicted molar refractivity (Wildman–Crippen MR) is 171 cm³/mol. The van der Waals surface area contributed by atoms with Crippen LogP contribution in [-0.4, -0.2) is 55.4 Å². The summed E-state index contributed by atoms with van der Waals surface area (Å²) in [6.07, 6.45) is 2.27. The van der Waals surface area contributed by atoms with Crippen molar-refractivity contribution >= 4 is 34.8 Å². The van der Waals surface area contributed by atoms with Crippen LogP contribution in [0.5, 0.6) is 11.5 Å². The number of primary amides is 1. The summed E-state index contributed by atoms with van der Waals surface area (Å²) in [6, 6.07) is 12.9. The number of hydrogen-bond donors (Lipinski definition) is 3. The van der Waals surface area contributed by atoms with Crippen molar-refractivity contribution in [2.45, 2.75) is 59.7 Å². The zero-order valence-corrected chi connectivity index (χ0v) is 26.3. The van der Waals surface area contributed by atoms with Gasteiger partial charge in [0.2, 0.25) is 11.9 Å². The molecule has 13 nitrogen and oxygen atoms in total. The summed E-state index contributed by atoms with van der Waals surface area (Å²) in [7, 11) is 1.50. The van der Waals surface area contributed by atoms with Gasteiger partial charge in [0.1, 0.15) is 28.3 Å². The maximum absolute atomic E-state index is 13.3. The highest BCUT2D eigenvalue weighted by atomic mass is 16.5. The number of nitrogens with one attached hydrogen (secondary N) is 2. The molecule has 0 saturated carbocycles. The number of benzene rings is 2. The van der Waals surface area contributed by atoms with Crippen LogP contribution in [0.15, 0.2) is 53.1 Å². The van der Waals surface area contributed by atoms with Crippen molar-refractivity contribution in [3.8, 4) is 22.8 Å². The highest BCUT2D eigenvalue weighted by Gasteiger charge is 2.22. The van der Waals surface area contributed by atoms with Crippen molar-refractivity contribution in [2.24, 2.45) is 5.73 Å². The van der Waals surface area contributed by atoms with Crippen LogP contribution in [-0.2, 0) is 13.1 Å². The fourth-order valence-electron chi connectivity index (χ4n) is 4.96. The molecule has 5 rings (SSSR count). The first-order valence-electron chi connectivity index (χ1n) is 14.7. The Bertz CT molecular complexity index is 1850. The van der Waals surface area contributed by atoms with Crippen LogP contribution in [0.3, 0.4) is 0 Å². The summed E-state index contributed by atoms with van der Waals surface area (Å²) in [5, 5.41) is 10.5. The molecule has 0 atom stereocenters. The first kappa shape index (κ1) is 31.1. The summed E-state index contributed by atoms with van der Waals surface area (Å²) in [5.74, 6) is 1.10. The molecule has 0 aliphatic carbocycles. The molecule has 13 heteroatoms. The third kappa shape index (κ3) is 7.08. The maximum atomic E-state index is 13.3. The third-order valence-electron chi connectivity index (χ3n) is 6.85. The number of anilines is 2. The minimum Gasteiger partial charge on any atom is -0.494 e. The highest BCUT2D eigenvalue weighted by molar-refractivity contribution is 6.04. The standard InChI is InChI=1S/C32H38N8O5/c1-7-40-24(14-19(2)38-40)29(42)37-30-36-23-16-21(28(33)41)17-25(43-6)27(23)39(30)13-9-12-34-31-35-18-26(44-31)20-10-8-11-22(15-20)45-32(3,4)5/h8,10-11,14-18H,7,9,12-13H2,1-6H3,(H2,33,41)(H,34,35)(H,36,37,42). The molecule has 236 valence electrons. The molecule has 0 aliphatic rings. The Hall–Kier alpha value is -5.33. The average Bonchev–Trinajstić information content (AvgIpc) is 3.71. The van der Waals surface area contributed by atoms with Crippen molar-refractivity contribution in [1.29, 1.82) is 0 Å². The van der Waals surface area contributed by atoms with Gasteiger partial charge in [0.15, 0.2) is 5.76 Å². The second-order valence-corrected chi connectivity index (χ2v) is 11.5. The van der Waals surface area contributed by atoms with Crippen LogP contribution in [0.4, 0.5) is 12.0 Å². The quantitative estimate of drug-likeness (QED) is 0.159. The Kier molecular flexibility index (Phi) is 8.80. The molecule has 0 unspecified atom stereocenters. The molecule has 0 fully saturated rings. The minimum absolute atomic E-state index is 0.249. The molecule has 0 aliphatic heterocycles. The topological polar surface area (TPSA) is 164 Å². The number of ether oxygens (including phenoxy) is 2. The van der Waals surface area contributed by atoms with Gasteiger partial charge in [-0.3, -0.25) is 19.6 Å². The van der Waals surface area contributed by atoms with E-state index in [9.17, 15) is 9.59 Å². The van der Waals surface area contributed by atoms with Gasteiger partial charge in [0.25, 0.3) is 11.9 Å². The van der Waals surface area contributed by atoms with Gasteiger partial charge in [-0.05, 0) is 71.4 Å². The van der Waals surface area contributed by atoms with Crippen molar-refractivity contribution < 1.29 is 23.5 Å². The van der Waals surface area contributed by atoms with Gasteiger partial charge in [-0.15, -0.1) is 0 Å². The van der Waals surface area contributed by atoms with Gasteiger partial charge in [0.05, 0.1) is 24.5 Å². The van der Waals surface area contributed by atoms with Crippen molar-refractivity contribution in [3.63, 3.8) is 0 Å². The first-order chi connectivity index (χ1) is 21.5. The Morgan fingerprint density at radius 2 is 1.93 bits per heavy atom. The second kappa shape index (κ2) is 12.7. The van der Waals surface area contributed by atoms with E-state index in [0.29, 0.717) is 66.3 Å². The van der Waals surface area contributed by atoms with Crippen LogP contribution in [0.1, 0.15) is 60.7 Å². The van der Waals surface area contributed by atoms with Gasteiger partial charge < -0.3 is 29.5 Å². The van der Waals surface area contributed by atoms with Crippen molar-refractivity contribution in [2.75, 3.05) is 24.3 Å². The van der Waals surface area contributed by atoms with Gasteiger partial charge in [-0.2, -0.15) is 5.10 Å². The van der Waals surface area contributed by atoms with Crippen LogP contribution in [0.2, 0.25) is 0 Å². The fourth-order valence-corrected chi connectivity index (χ4v) is 4.96. The Balaban J connectivity index is 1.34. The molecule has 3 heterocycles. The molecule has 0 bridgehead atoms. The maximum Gasteiger partial charge on any atom is 0.295 e. The van der Waals surface area contributed by atoms with E-state index >= 15 is 0 Å². The third-order valence-corrected chi connectivity index (χ3v) is 6.85. The molecule has 2 aromatic carbocycles. The Labute approximate surface area is 260 Å². The number of oxazole rings is 1. The van der Waals surface area contributed by atoms with Crippen LogP contribution in [0, 0.1) is 6.92 Å². The van der Waals surface area contributed by atoms with Gasteiger partial charge in [-0.1, -0.05) is 12.1 Å². The zero-order chi connectivity index (χ0) is 32.3. The molecular formula is C32H38N8O5. The molecule has 2 amide bonds. The number of aryl methyl sites for hydroxylation is 3. The van der Waals surface area contributed by atoms with Gasteiger partial charge in [-0.25, -0.2) is 9.97 Å². The lowest BCUT2D eigenvalue weighted by Gasteiger charge is -2.21. The summed E-state index contributed by atoms with van der Waals surface area (Å²) in [4.78, 5) is 34.3. The average molecular weight is 615 g/mol. The molecule has 0 spiro atoms. The number of nitrogens with zero attached hydrogens (tertiary/aromatic N) is 5. The fraction of sp³-hybridized carbons (Fsp3) is 0.344. The van der Waals surface area contributed by atoms with Gasteiger partial charge in [0, 0.05) is 30.8 Å². The number of nitrogens with two attached hydrogens (primary N) is 1. The Morgan fingerprint density at radius 3 is 2.64 bits per heavy atom. The number of rotatable bonds is 12. The number of carbonyl (C=O) groups is 2. The number of methoxy groups -OCH3 is 1. The van der Waals surface area contributed by atoms with Crippen LogP contribution in [0.25, 0.3) is 22.4 Å². The number of fused-ring (bicyclic) bond motifs is 1. The van der Waals surface area contributed by atoms with Crippen molar-refractivity contribution in [3.05, 3.63) is 65.6 Å². The molecule has 0 saturated heterocycles. The number of imidazole rings is 1. The number of carbonyl (C=O) groups excluding carboxylic acids is 2. The van der Waals surface area contributed by atoms with E-state index in [4.69, 9.17) is 19.6 Å². The zero-order valence-electron chi connectivity index (χ0n) is 26.3. The van der Waals surface area contributed by atoms with Crippen molar-refractivity contribution in [1.82, 2.24) is 24.3 Å². The summed E-state index contributed by atoms with van der Waals surface area (Å²) in [5.41, 5.74) is 8.55. The molecule has 3 aromatic heterocycles. The van der Waals surface area contributed by atoms with E-state index < -0.39 is 5.91 Å². The van der Waals surface area contributed by atoms with E-state index in [-0.39, 0.29) is 17.1 Å². The lowest BCUT2D eigenvalue weighted by atomic mass is 10.1. The number of aromatic nitrogens is 5. The summed E-state index contributed by atoms with van der Waals surface area (Å²) >= 11 is 0. The van der Waals surface area contributed by atoms with E-state index in [1.165, 1.54) is 7.11 Å². The van der Waals surface area contributed by atoms with Crippen LogP contribution >= 0.6 is 0 Å². The lowest BCUT2D eigenvalue weighted by Crippen LogP contribution is -2.22. The summed E-state index contributed by atoms with van der Waals surface area (Å²) < 4.78 is 21.0. The lowest BCUT2D eigenvalue weighted by molar-refractivity contribution is 0.0995. The predicted octanol–water partition coefficient (Wildman–Crippen LogP) is 5.26. The minimum atomic E-state index is -0.611. The summed E-state index contributed by atoms with van der Waals surface area (Å²) in [6.45, 7) is 11.2. The molecule has 5 aromatic rings. The van der Waals surface area contributed by atoms with E-state index in [0.717, 1.165) is 17.0 Å². The monoisotopic (exact) mass is 614 g/mol. The first-order valence-corrected chi connectivity index (χ1v) is 14.7. The number of amides is 2. The normalized spacial score (nSPS) is 11.5. The second-order valence-electron chi connectivity index (χ2n) is 11.5. The largest absolute Gasteiger partial charge is 0.494 e. The molecule has 4 N–H and O–H groups in total. The highest BCUT2D eigenvalue weighted by Crippen LogP contribution is 2.32. The Morgan fingerprint density at radius 1 is 1.13 bits per heavy atom. The smallest absolute Gasteiger partial charge is 0.295 e. The van der Waals surface area contributed by atoms with Crippen LogP contribution < -0.4 is 25.8 Å². The number of hydrogen-bond acceptors (Lipinski definition) is 9. The molecule has 0 radical (unpaired) electrons. The molecule has 45 heavy (non-hydrogen) atoms. The molecular weight excluding hydrogens is 576 g/mol. The van der Waals surface area contributed by atoms with E-state index in [1.54, 1.807) is 29.1 Å². The van der Waals surface area contributed by atoms with E-state index in [1.807, 2.05) is 63.5 Å². The van der Waals surface area contributed by atoms with Gasteiger partial charge >= 0.3 is 0 Å². The SMILES string of the molecule is CCn1nc(C)cc1C(=O)Nc1nc2cc(C(N)=O)cc(OC)c2n1CCCNc1ncc(-c2cccc(OC(C)(C)C)c2)o1.